The summed E-state index contributed by atoms with van der Waals surface area (Å²) in [5.74, 6) is -1.70. The molecule has 0 spiro atoms. The van der Waals surface area contributed by atoms with Crippen LogP contribution in [0.4, 0.5) is 0 Å². The third-order valence-electron chi connectivity index (χ3n) is 11.1. The normalized spacial score (nSPS) is 23.8. The van der Waals surface area contributed by atoms with Crippen molar-refractivity contribution in [3.63, 3.8) is 0 Å². The quantitative estimate of drug-likeness (QED) is 0.185. The van der Waals surface area contributed by atoms with Crippen LogP contribution in [0.5, 0.6) is 0 Å². The minimum atomic E-state index is -0.959. The van der Waals surface area contributed by atoms with Crippen LogP contribution in [0.2, 0.25) is 0 Å². The molecular formula is C40H50N4O5. The zero-order chi connectivity index (χ0) is 35.3. The molecule has 0 aromatic carbocycles. The van der Waals surface area contributed by atoms with Crippen molar-refractivity contribution in [1.82, 2.24) is 20.3 Å². The third-order valence-corrected chi connectivity index (χ3v) is 11.1. The van der Waals surface area contributed by atoms with Crippen LogP contribution in [0.3, 0.4) is 0 Å². The van der Waals surface area contributed by atoms with E-state index in [2.05, 4.69) is 66.7 Å². The van der Waals surface area contributed by atoms with E-state index in [1.165, 1.54) is 18.2 Å². The van der Waals surface area contributed by atoms with Crippen molar-refractivity contribution in [2.45, 2.75) is 86.2 Å². The van der Waals surface area contributed by atoms with Gasteiger partial charge < -0.3 is 34.8 Å². The van der Waals surface area contributed by atoms with Gasteiger partial charge in [0.05, 0.1) is 12.5 Å². The second-order valence-electron chi connectivity index (χ2n) is 14.1. The number of fused-ring (bicyclic) bond motifs is 8. The second kappa shape index (κ2) is 13.4. The summed E-state index contributed by atoms with van der Waals surface area (Å²) < 4.78 is 10.8. The summed E-state index contributed by atoms with van der Waals surface area (Å²) in [6.45, 7) is 19.0. The Kier molecular flexibility index (Phi) is 9.42. The zero-order valence-electron chi connectivity index (χ0n) is 30.0. The van der Waals surface area contributed by atoms with Crippen LogP contribution < -0.4 is 26.6 Å². The monoisotopic (exact) mass is 666 g/mol. The molecule has 0 amide bonds. The molecule has 6 rings (SSSR count). The number of methoxy groups -OCH3 is 1. The molecule has 8 bridgehead atoms. The molecule has 260 valence electrons. The second-order valence-corrected chi connectivity index (χ2v) is 14.1. The molecule has 0 radical (unpaired) electrons. The van der Waals surface area contributed by atoms with Gasteiger partial charge in [0.1, 0.15) is 18.3 Å². The maximum atomic E-state index is 13.5. The SMILES string of the molecule is C=Cc1c(C)/c2[nH]/c1=C\c1[nH]c(c(CC)c1C)Cc1[nH]c3c(c1C)=C(O)[C@H](C(=O)OC)C=3C1NC(/C=2)[C@@H](C)[C@@H]1CCC(=O)OCC=C(C)C. The summed E-state index contributed by atoms with van der Waals surface area (Å²) in [7, 11) is 1.36. The first kappa shape index (κ1) is 34.4. The predicted molar refractivity (Wildman–Crippen MR) is 193 cm³/mol. The predicted octanol–water partition coefficient (Wildman–Crippen LogP) is 3.52. The summed E-state index contributed by atoms with van der Waals surface area (Å²) in [4.78, 5) is 37.5. The summed E-state index contributed by atoms with van der Waals surface area (Å²) in [5.41, 5.74) is 10.5. The topological polar surface area (TPSA) is 132 Å². The van der Waals surface area contributed by atoms with Crippen molar-refractivity contribution in [2.75, 3.05) is 13.7 Å². The number of rotatable bonds is 8. The Bertz CT molecular complexity index is 2120. The first-order chi connectivity index (χ1) is 23.4. The van der Waals surface area contributed by atoms with Crippen LogP contribution in [0.1, 0.15) is 85.4 Å². The fourth-order valence-corrected chi connectivity index (χ4v) is 8.34. The van der Waals surface area contributed by atoms with Gasteiger partial charge in [0.15, 0.2) is 0 Å². The van der Waals surface area contributed by atoms with Crippen molar-refractivity contribution < 1.29 is 24.2 Å². The van der Waals surface area contributed by atoms with Crippen LogP contribution in [0.15, 0.2) is 18.2 Å². The number of allylic oxidation sites excluding steroid dienone is 1. The molecule has 2 aliphatic heterocycles. The molecule has 5 atom stereocenters. The van der Waals surface area contributed by atoms with E-state index in [-0.39, 0.29) is 48.7 Å². The number of carbonyl (C=O) groups excluding carboxylic acids is 2. The molecule has 1 aliphatic carbocycles. The number of esters is 2. The van der Waals surface area contributed by atoms with Gasteiger partial charge in [-0.2, -0.15) is 0 Å². The van der Waals surface area contributed by atoms with Crippen LogP contribution in [-0.2, 0) is 31.9 Å². The highest BCUT2D eigenvalue weighted by atomic mass is 16.5. The summed E-state index contributed by atoms with van der Waals surface area (Å²) >= 11 is 0. The lowest BCUT2D eigenvalue weighted by atomic mass is 9.79. The van der Waals surface area contributed by atoms with Gasteiger partial charge in [-0.05, 0) is 105 Å². The molecule has 3 aromatic rings. The largest absolute Gasteiger partial charge is 0.510 e. The van der Waals surface area contributed by atoms with Crippen molar-refractivity contribution in [3.05, 3.63) is 84.4 Å². The average molecular weight is 667 g/mol. The molecule has 2 unspecified atom stereocenters. The Hall–Kier alpha value is -4.50. The van der Waals surface area contributed by atoms with Gasteiger partial charge in [-0.25, -0.2) is 0 Å². The Morgan fingerprint density at radius 2 is 1.82 bits per heavy atom. The zero-order valence-corrected chi connectivity index (χ0v) is 30.0. The number of hydrogen-bond acceptors (Lipinski definition) is 6. The molecule has 0 saturated carbocycles. The van der Waals surface area contributed by atoms with Gasteiger partial charge >= 0.3 is 11.9 Å². The van der Waals surface area contributed by atoms with Gasteiger partial charge in [-0.3, -0.25) is 9.59 Å². The highest BCUT2D eigenvalue weighted by Crippen LogP contribution is 2.40. The Balaban J connectivity index is 1.58. The first-order valence-corrected chi connectivity index (χ1v) is 17.4. The van der Waals surface area contributed by atoms with E-state index >= 15 is 0 Å². The summed E-state index contributed by atoms with van der Waals surface area (Å²) in [5, 5.41) is 19.1. The number of aliphatic hydroxyl groups excluding tert-OH is 1. The average Bonchev–Trinajstić information content (AvgIpc) is 3.80. The lowest BCUT2D eigenvalue weighted by Gasteiger charge is -2.26. The number of aromatic nitrogens is 3. The Labute approximate surface area is 287 Å². The van der Waals surface area contributed by atoms with Crippen LogP contribution in [0.25, 0.3) is 29.6 Å². The lowest BCUT2D eigenvalue weighted by molar-refractivity contribution is -0.143. The van der Waals surface area contributed by atoms with Crippen LogP contribution in [-0.4, -0.2) is 57.8 Å². The van der Waals surface area contributed by atoms with Gasteiger partial charge in [-0.15, -0.1) is 0 Å². The first-order valence-electron chi connectivity index (χ1n) is 17.4. The van der Waals surface area contributed by atoms with Gasteiger partial charge in [0, 0.05) is 63.5 Å². The van der Waals surface area contributed by atoms with Crippen molar-refractivity contribution in [1.29, 1.82) is 0 Å². The van der Waals surface area contributed by atoms with Crippen LogP contribution >= 0.6 is 0 Å². The molecule has 5 N–H and O–H groups in total. The third kappa shape index (κ3) is 5.92. The highest BCUT2D eigenvalue weighted by Gasteiger charge is 2.48. The Morgan fingerprint density at radius 1 is 1.06 bits per heavy atom. The molecule has 1 fully saturated rings. The summed E-state index contributed by atoms with van der Waals surface area (Å²) in [6, 6.07) is -0.440. The minimum Gasteiger partial charge on any atom is -0.510 e. The van der Waals surface area contributed by atoms with Crippen molar-refractivity contribution in [3.8, 4) is 0 Å². The number of nitrogens with one attached hydrogen (secondary N) is 4. The Morgan fingerprint density at radius 3 is 2.49 bits per heavy atom. The highest BCUT2D eigenvalue weighted by molar-refractivity contribution is 5.95. The van der Waals surface area contributed by atoms with Gasteiger partial charge in [0.25, 0.3) is 0 Å². The smallest absolute Gasteiger partial charge is 0.320 e. The van der Waals surface area contributed by atoms with E-state index in [0.29, 0.717) is 18.1 Å². The number of H-pyrrole nitrogens is 3. The standard InChI is InChI=1S/C40H50N4O5/c1-10-24-20(5)27-16-29-22(7)26(12-13-33(45)49-15-14-19(3)4)37(43-29)35-36(40(47)48-9)39(46)34-23(8)30(44-38(34)35)18-32-25(11-2)21(6)28(42-32)17-31(24)41-27/h10,14,16-17,22,26,29,36-37,41-44,46H,1,11-13,15,18H2,2-9H3/b27-16+,31-17-/t22-,26-,29?,36+,37?/m0/s1. The number of hydrogen-bond donors (Lipinski definition) is 5. The van der Waals surface area contributed by atoms with Gasteiger partial charge in [-0.1, -0.05) is 32.1 Å². The minimum absolute atomic E-state index is 0.00705. The van der Waals surface area contributed by atoms with E-state index in [4.69, 9.17) is 9.47 Å². The van der Waals surface area contributed by atoms with Crippen molar-refractivity contribution in [2.24, 2.45) is 17.8 Å². The fraction of sp³-hybridized carbons (Fsp3) is 0.450. The molecule has 5 heterocycles. The van der Waals surface area contributed by atoms with E-state index in [1.54, 1.807) is 0 Å². The molecule has 1 saturated heterocycles. The summed E-state index contributed by atoms with van der Waals surface area (Å²) in [6.07, 6.45) is 10.4. The fourth-order valence-electron chi connectivity index (χ4n) is 8.34. The van der Waals surface area contributed by atoms with E-state index in [0.717, 1.165) is 67.4 Å². The molecule has 3 aromatic heterocycles. The lowest BCUT2D eigenvalue weighted by Crippen LogP contribution is -2.39. The molecule has 9 nitrogen and oxygen atoms in total. The van der Waals surface area contributed by atoms with E-state index < -0.39 is 11.9 Å². The molecular weight excluding hydrogens is 616 g/mol. The number of aliphatic hydroxyl groups is 1. The molecule has 9 heteroatoms. The van der Waals surface area contributed by atoms with Crippen molar-refractivity contribution >= 4 is 41.5 Å². The van der Waals surface area contributed by atoms with Gasteiger partial charge in [0.2, 0.25) is 0 Å². The van der Waals surface area contributed by atoms with E-state index in [1.807, 2.05) is 32.9 Å². The number of carbonyl (C=O) groups is 2. The van der Waals surface area contributed by atoms with Crippen LogP contribution in [0, 0.1) is 38.5 Å². The van der Waals surface area contributed by atoms with E-state index in [9.17, 15) is 14.7 Å². The number of aromatic amines is 3. The number of ether oxygens (including phenoxy) is 2. The molecule has 49 heavy (non-hydrogen) atoms. The molecule has 3 aliphatic rings. The maximum absolute atomic E-state index is 13.5. The maximum Gasteiger partial charge on any atom is 0.320 e.